The van der Waals surface area contributed by atoms with Gasteiger partial charge in [-0.25, -0.2) is 0 Å². The standard InChI is InChI=1S/C54H45N/c1-38-22-24-41(25-23-38)42-26-28-45(29-27-42)55(47-31-33-51-50-20-12-13-21-52(50)54(2,3)53(51)37-47)46-30-32-49(44(36-46)35-40-16-8-5-9-17-40)48-19-11-10-18-43(48)34-39-14-6-4-7-15-39/h4-33,36-37H,34-35H2,1-3H3. The first-order valence-electron chi connectivity index (χ1n) is 19.4. The summed E-state index contributed by atoms with van der Waals surface area (Å²) in [5, 5.41) is 0. The van der Waals surface area contributed by atoms with E-state index in [2.05, 4.69) is 220 Å². The quantitative estimate of drug-likeness (QED) is 0.144. The third-order valence-corrected chi connectivity index (χ3v) is 11.5. The van der Waals surface area contributed by atoms with Gasteiger partial charge in [0, 0.05) is 22.5 Å². The molecular formula is C54H45N. The van der Waals surface area contributed by atoms with Crippen LogP contribution in [0.1, 0.15) is 52.8 Å². The molecule has 0 amide bonds. The predicted molar refractivity (Wildman–Crippen MR) is 233 cm³/mol. The smallest absolute Gasteiger partial charge is 0.0465 e. The van der Waals surface area contributed by atoms with Gasteiger partial charge >= 0.3 is 0 Å². The zero-order valence-corrected chi connectivity index (χ0v) is 31.8. The van der Waals surface area contributed by atoms with E-state index in [0.717, 1.165) is 29.9 Å². The molecule has 0 atom stereocenters. The van der Waals surface area contributed by atoms with Crippen LogP contribution in [0.15, 0.2) is 194 Å². The lowest BCUT2D eigenvalue weighted by Gasteiger charge is -2.29. The van der Waals surface area contributed by atoms with Crippen molar-refractivity contribution in [2.24, 2.45) is 0 Å². The van der Waals surface area contributed by atoms with Gasteiger partial charge in [-0.3, -0.25) is 0 Å². The second-order valence-electron chi connectivity index (χ2n) is 15.5. The Hall–Kier alpha value is -6.44. The van der Waals surface area contributed by atoms with Crippen LogP contribution in [0.25, 0.3) is 33.4 Å². The minimum atomic E-state index is -0.103. The molecule has 1 heteroatoms. The van der Waals surface area contributed by atoms with E-state index in [1.807, 2.05) is 0 Å². The first-order chi connectivity index (χ1) is 26.9. The van der Waals surface area contributed by atoms with Crippen LogP contribution < -0.4 is 4.90 Å². The third-order valence-electron chi connectivity index (χ3n) is 11.5. The molecular weight excluding hydrogens is 663 g/mol. The number of hydrogen-bond donors (Lipinski definition) is 0. The first-order valence-corrected chi connectivity index (χ1v) is 19.4. The minimum absolute atomic E-state index is 0.103. The van der Waals surface area contributed by atoms with E-state index >= 15 is 0 Å². The second kappa shape index (κ2) is 14.4. The Morgan fingerprint density at radius 1 is 0.382 bits per heavy atom. The summed E-state index contributed by atoms with van der Waals surface area (Å²) in [7, 11) is 0. The molecule has 266 valence electrons. The van der Waals surface area contributed by atoms with E-state index in [9.17, 15) is 0 Å². The van der Waals surface area contributed by atoms with E-state index in [1.54, 1.807) is 0 Å². The molecule has 1 aliphatic rings. The molecule has 0 radical (unpaired) electrons. The Morgan fingerprint density at radius 3 is 1.53 bits per heavy atom. The normalized spacial score (nSPS) is 12.6. The van der Waals surface area contributed by atoms with Gasteiger partial charge in [0.15, 0.2) is 0 Å². The molecule has 0 heterocycles. The molecule has 0 spiro atoms. The van der Waals surface area contributed by atoms with Gasteiger partial charge in [-0.1, -0.05) is 177 Å². The van der Waals surface area contributed by atoms with Crippen LogP contribution in [0, 0.1) is 6.92 Å². The molecule has 0 aliphatic heterocycles. The summed E-state index contributed by atoms with van der Waals surface area (Å²) in [5.74, 6) is 0. The fraction of sp³-hybridized carbons (Fsp3) is 0.111. The fourth-order valence-corrected chi connectivity index (χ4v) is 8.52. The highest BCUT2D eigenvalue weighted by atomic mass is 15.1. The second-order valence-corrected chi connectivity index (χ2v) is 15.5. The zero-order valence-electron chi connectivity index (χ0n) is 31.8. The van der Waals surface area contributed by atoms with Crippen molar-refractivity contribution in [2.45, 2.75) is 39.0 Å². The average molecular weight is 708 g/mol. The average Bonchev–Trinajstić information content (AvgIpc) is 3.45. The van der Waals surface area contributed by atoms with Crippen LogP contribution in [-0.2, 0) is 18.3 Å². The van der Waals surface area contributed by atoms with E-state index < -0.39 is 0 Å². The lowest BCUT2D eigenvalue weighted by molar-refractivity contribution is 0.660. The number of benzene rings is 8. The third kappa shape index (κ3) is 6.68. The van der Waals surface area contributed by atoms with Crippen LogP contribution >= 0.6 is 0 Å². The molecule has 0 saturated carbocycles. The molecule has 0 N–H and O–H groups in total. The maximum atomic E-state index is 2.45. The number of anilines is 3. The van der Waals surface area contributed by atoms with Crippen LogP contribution in [0.4, 0.5) is 17.1 Å². The van der Waals surface area contributed by atoms with Gasteiger partial charge in [0.1, 0.15) is 0 Å². The summed E-state index contributed by atoms with van der Waals surface area (Å²) < 4.78 is 0. The van der Waals surface area contributed by atoms with Crippen molar-refractivity contribution >= 4 is 17.1 Å². The van der Waals surface area contributed by atoms with Crippen molar-refractivity contribution < 1.29 is 0 Å². The number of nitrogens with zero attached hydrogens (tertiary/aromatic N) is 1. The first kappa shape index (κ1) is 34.3. The van der Waals surface area contributed by atoms with Crippen molar-refractivity contribution in [3.63, 3.8) is 0 Å². The molecule has 8 aromatic rings. The molecule has 1 nitrogen and oxygen atoms in total. The minimum Gasteiger partial charge on any atom is -0.310 e. The molecule has 0 saturated heterocycles. The molecule has 8 aromatic carbocycles. The van der Waals surface area contributed by atoms with Crippen molar-refractivity contribution in [1.82, 2.24) is 0 Å². The number of hydrogen-bond acceptors (Lipinski definition) is 1. The maximum Gasteiger partial charge on any atom is 0.0465 e. The Bertz CT molecular complexity index is 2600. The summed E-state index contributed by atoms with van der Waals surface area (Å²) in [6.07, 6.45) is 1.71. The highest BCUT2D eigenvalue weighted by Gasteiger charge is 2.35. The van der Waals surface area contributed by atoms with E-state index in [0.29, 0.717) is 0 Å². The topological polar surface area (TPSA) is 3.24 Å². The summed E-state index contributed by atoms with van der Waals surface area (Å²) in [4.78, 5) is 2.45. The predicted octanol–water partition coefficient (Wildman–Crippen LogP) is 14.3. The SMILES string of the molecule is Cc1ccc(-c2ccc(N(c3ccc(-c4ccccc4Cc4ccccc4)c(Cc4ccccc4)c3)c3ccc4c(c3)C(C)(C)c3ccccc3-4)cc2)cc1. The van der Waals surface area contributed by atoms with E-state index in [4.69, 9.17) is 0 Å². The van der Waals surface area contributed by atoms with Gasteiger partial charge in [-0.05, 0) is 123 Å². The monoisotopic (exact) mass is 707 g/mol. The van der Waals surface area contributed by atoms with E-state index in [1.165, 1.54) is 72.3 Å². The highest BCUT2D eigenvalue weighted by molar-refractivity contribution is 5.87. The van der Waals surface area contributed by atoms with Crippen LogP contribution in [0.5, 0.6) is 0 Å². The molecule has 55 heavy (non-hydrogen) atoms. The van der Waals surface area contributed by atoms with Crippen molar-refractivity contribution in [3.05, 3.63) is 233 Å². The van der Waals surface area contributed by atoms with Crippen LogP contribution in [0.3, 0.4) is 0 Å². The maximum absolute atomic E-state index is 2.45. The molecule has 0 fully saturated rings. The Balaban J connectivity index is 1.20. The van der Waals surface area contributed by atoms with E-state index in [-0.39, 0.29) is 5.41 Å². The Labute approximate surface area is 326 Å². The van der Waals surface area contributed by atoms with Crippen LogP contribution in [0.2, 0.25) is 0 Å². The van der Waals surface area contributed by atoms with Gasteiger partial charge in [-0.15, -0.1) is 0 Å². The highest BCUT2D eigenvalue weighted by Crippen LogP contribution is 2.51. The molecule has 9 rings (SSSR count). The number of rotatable bonds is 9. The van der Waals surface area contributed by atoms with Crippen molar-refractivity contribution in [3.8, 4) is 33.4 Å². The lowest BCUT2D eigenvalue weighted by atomic mass is 9.82. The lowest BCUT2D eigenvalue weighted by Crippen LogP contribution is -2.16. The summed E-state index contributed by atoms with van der Waals surface area (Å²) in [6, 6.07) is 71.6. The van der Waals surface area contributed by atoms with Gasteiger partial charge in [0.2, 0.25) is 0 Å². The van der Waals surface area contributed by atoms with Gasteiger partial charge in [0.05, 0.1) is 0 Å². The van der Waals surface area contributed by atoms with Gasteiger partial charge < -0.3 is 4.90 Å². The molecule has 0 bridgehead atoms. The molecule has 0 unspecified atom stereocenters. The fourth-order valence-electron chi connectivity index (χ4n) is 8.52. The largest absolute Gasteiger partial charge is 0.310 e. The zero-order chi connectivity index (χ0) is 37.4. The number of aryl methyl sites for hydroxylation is 1. The number of fused-ring (bicyclic) bond motifs is 3. The van der Waals surface area contributed by atoms with Crippen LogP contribution in [-0.4, -0.2) is 0 Å². The summed E-state index contributed by atoms with van der Waals surface area (Å²) in [5.41, 5.74) is 20.3. The molecule has 0 aromatic heterocycles. The Morgan fingerprint density at radius 2 is 0.855 bits per heavy atom. The van der Waals surface area contributed by atoms with Gasteiger partial charge in [0.25, 0.3) is 0 Å². The van der Waals surface area contributed by atoms with Crippen molar-refractivity contribution in [2.75, 3.05) is 4.90 Å². The van der Waals surface area contributed by atoms with Crippen molar-refractivity contribution in [1.29, 1.82) is 0 Å². The summed E-state index contributed by atoms with van der Waals surface area (Å²) in [6.45, 7) is 6.87. The van der Waals surface area contributed by atoms with Gasteiger partial charge in [-0.2, -0.15) is 0 Å². The summed E-state index contributed by atoms with van der Waals surface area (Å²) >= 11 is 0. The Kier molecular flexibility index (Phi) is 9.00. The molecule has 1 aliphatic carbocycles.